The molecule has 0 bridgehead atoms. The van der Waals surface area contributed by atoms with Crippen molar-refractivity contribution in [2.24, 2.45) is 5.10 Å². The Morgan fingerprint density at radius 1 is 1.07 bits per heavy atom. The van der Waals surface area contributed by atoms with Gasteiger partial charge in [0.25, 0.3) is 0 Å². The monoisotopic (exact) mass is 391 g/mol. The number of thioether (sulfide) groups is 1. The third kappa shape index (κ3) is 4.93. The third-order valence-electron chi connectivity index (χ3n) is 4.63. The molecular weight excluding hydrogens is 366 g/mol. The molecule has 28 heavy (non-hydrogen) atoms. The van der Waals surface area contributed by atoms with Crippen LogP contribution in [0, 0.1) is 20.8 Å². The van der Waals surface area contributed by atoms with E-state index in [1.165, 1.54) is 11.1 Å². The Morgan fingerprint density at radius 2 is 1.79 bits per heavy atom. The van der Waals surface area contributed by atoms with Crippen molar-refractivity contribution in [2.75, 3.05) is 5.75 Å². The van der Waals surface area contributed by atoms with Gasteiger partial charge in [0.15, 0.2) is 0 Å². The van der Waals surface area contributed by atoms with Crippen molar-refractivity contribution in [3.8, 4) is 5.69 Å². The summed E-state index contributed by atoms with van der Waals surface area (Å²) in [6.45, 7) is 6.21. The summed E-state index contributed by atoms with van der Waals surface area (Å²) in [5.74, 6) is 1.11. The van der Waals surface area contributed by atoms with Crippen LogP contribution in [-0.4, -0.2) is 22.4 Å². The highest BCUT2D eigenvalue weighted by atomic mass is 32.2. The van der Waals surface area contributed by atoms with Crippen molar-refractivity contribution in [1.29, 1.82) is 0 Å². The maximum Gasteiger partial charge on any atom is 0.250 e. The molecule has 0 aliphatic heterocycles. The van der Waals surface area contributed by atoms with Crippen LogP contribution in [0.4, 0.5) is 0 Å². The van der Waals surface area contributed by atoms with Crippen molar-refractivity contribution in [1.82, 2.24) is 9.99 Å². The second kappa shape index (κ2) is 9.42. The Labute approximate surface area is 170 Å². The number of nitrogens with one attached hydrogen (secondary N) is 1. The molecule has 5 heteroatoms. The molecule has 0 fully saturated rings. The molecule has 0 spiro atoms. The highest BCUT2D eigenvalue weighted by Crippen LogP contribution is 2.19. The lowest BCUT2D eigenvalue weighted by molar-refractivity contribution is -0.118. The predicted molar refractivity (Wildman–Crippen MR) is 118 cm³/mol. The van der Waals surface area contributed by atoms with Crippen LogP contribution >= 0.6 is 11.8 Å². The molecule has 1 amide bonds. The number of hydrazone groups is 1. The Hall–Kier alpha value is -2.79. The molecule has 2 aromatic carbocycles. The van der Waals surface area contributed by atoms with Gasteiger partial charge in [0.1, 0.15) is 0 Å². The average Bonchev–Trinajstić information content (AvgIpc) is 2.97. The molecule has 0 saturated carbocycles. The molecular formula is C23H25N3OS. The number of carbonyl (C=O) groups is 1. The number of hydrogen-bond donors (Lipinski definition) is 1. The highest BCUT2D eigenvalue weighted by molar-refractivity contribution is 7.99. The van der Waals surface area contributed by atoms with Gasteiger partial charge in [0, 0.05) is 28.4 Å². The fraction of sp³-hybridized carbons (Fsp3) is 0.217. The van der Waals surface area contributed by atoms with Gasteiger partial charge in [-0.1, -0.05) is 42.5 Å². The maximum absolute atomic E-state index is 12.0. The number of aryl methyl sites for hydroxylation is 2. The Bertz CT molecular complexity index is 977. The number of benzene rings is 2. The lowest BCUT2D eigenvalue weighted by Crippen LogP contribution is -2.19. The summed E-state index contributed by atoms with van der Waals surface area (Å²) >= 11 is 1.59. The number of carbonyl (C=O) groups excluding carboxylic acids is 1. The molecule has 0 unspecified atom stereocenters. The summed E-state index contributed by atoms with van der Waals surface area (Å²) in [4.78, 5) is 12.0. The van der Waals surface area contributed by atoms with Gasteiger partial charge in [-0.15, -0.1) is 11.8 Å². The molecule has 1 N–H and O–H groups in total. The normalized spacial score (nSPS) is 11.1. The molecule has 1 heterocycles. The van der Waals surface area contributed by atoms with E-state index < -0.39 is 0 Å². The molecule has 0 aliphatic rings. The smallest absolute Gasteiger partial charge is 0.250 e. The first-order valence-electron chi connectivity index (χ1n) is 9.25. The summed E-state index contributed by atoms with van der Waals surface area (Å²) in [7, 11) is 0. The van der Waals surface area contributed by atoms with E-state index in [4.69, 9.17) is 0 Å². The molecule has 144 valence electrons. The second-order valence-electron chi connectivity index (χ2n) is 6.71. The Balaban J connectivity index is 1.55. The minimum absolute atomic E-state index is 0.0910. The van der Waals surface area contributed by atoms with Crippen LogP contribution in [0.2, 0.25) is 0 Å². The molecule has 0 saturated heterocycles. The first kappa shape index (κ1) is 20.0. The summed E-state index contributed by atoms with van der Waals surface area (Å²) in [6, 6.07) is 20.5. The number of aromatic nitrogens is 1. The predicted octanol–water partition coefficient (Wildman–Crippen LogP) is 4.79. The minimum Gasteiger partial charge on any atom is -0.318 e. The zero-order chi connectivity index (χ0) is 19.9. The largest absolute Gasteiger partial charge is 0.318 e. The van der Waals surface area contributed by atoms with E-state index in [1.807, 2.05) is 30.3 Å². The van der Waals surface area contributed by atoms with Crippen molar-refractivity contribution in [2.45, 2.75) is 26.5 Å². The zero-order valence-electron chi connectivity index (χ0n) is 16.5. The van der Waals surface area contributed by atoms with Gasteiger partial charge in [0.2, 0.25) is 5.91 Å². The molecule has 0 aliphatic carbocycles. The van der Waals surface area contributed by atoms with Crippen molar-refractivity contribution in [3.05, 3.63) is 88.7 Å². The van der Waals surface area contributed by atoms with E-state index in [0.717, 1.165) is 28.4 Å². The number of para-hydroxylation sites is 1. The number of nitrogens with zero attached hydrogens (tertiary/aromatic N) is 2. The average molecular weight is 392 g/mol. The Kier molecular flexibility index (Phi) is 6.71. The highest BCUT2D eigenvalue weighted by Gasteiger charge is 2.09. The minimum atomic E-state index is -0.0910. The van der Waals surface area contributed by atoms with Gasteiger partial charge in [-0.3, -0.25) is 4.79 Å². The first-order valence-corrected chi connectivity index (χ1v) is 10.4. The van der Waals surface area contributed by atoms with E-state index >= 15 is 0 Å². The molecule has 3 rings (SSSR count). The quantitative estimate of drug-likeness (QED) is 0.465. The van der Waals surface area contributed by atoms with Crippen molar-refractivity contribution >= 4 is 23.9 Å². The van der Waals surface area contributed by atoms with Crippen LogP contribution < -0.4 is 5.43 Å². The lowest BCUT2D eigenvalue weighted by atomic mass is 10.1. The number of rotatable bonds is 7. The molecule has 3 aromatic rings. The fourth-order valence-corrected chi connectivity index (χ4v) is 4.02. The van der Waals surface area contributed by atoms with E-state index in [0.29, 0.717) is 5.75 Å². The standard InChI is InChI=1S/C23H25N3OS/c1-17-9-7-8-10-20(17)15-28-16-23(27)25-24-14-21-13-18(2)26(19(21)3)22-11-5-4-6-12-22/h4-14H,15-16H2,1-3H3,(H,25,27)/b24-14+. The summed E-state index contributed by atoms with van der Waals surface area (Å²) in [5.41, 5.74) is 9.48. The second-order valence-corrected chi connectivity index (χ2v) is 7.70. The molecule has 1 aromatic heterocycles. The van der Waals surface area contributed by atoms with Crippen LogP contribution in [0.15, 0.2) is 65.8 Å². The zero-order valence-corrected chi connectivity index (χ0v) is 17.3. The van der Waals surface area contributed by atoms with Gasteiger partial charge in [-0.25, -0.2) is 5.43 Å². The van der Waals surface area contributed by atoms with E-state index in [1.54, 1.807) is 18.0 Å². The first-order chi connectivity index (χ1) is 13.6. The van der Waals surface area contributed by atoms with Gasteiger partial charge >= 0.3 is 0 Å². The van der Waals surface area contributed by atoms with Crippen LogP contribution in [-0.2, 0) is 10.5 Å². The molecule has 4 nitrogen and oxygen atoms in total. The molecule has 0 radical (unpaired) electrons. The number of amides is 1. The topological polar surface area (TPSA) is 46.4 Å². The van der Waals surface area contributed by atoms with Gasteiger partial charge < -0.3 is 4.57 Å². The van der Waals surface area contributed by atoms with Crippen LogP contribution in [0.1, 0.15) is 28.1 Å². The van der Waals surface area contributed by atoms with Gasteiger partial charge in [-0.2, -0.15) is 5.10 Å². The molecule has 0 atom stereocenters. The van der Waals surface area contributed by atoms with E-state index in [9.17, 15) is 4.79 Å². The van der Waals surface area contributed by atoms with Gasteiger partial charge in [-0.05, 0) is 50.1 Å². The summed E-state index contributed by atoms with van der Waals surface area (Å²) in [6.07, 6.45) is 1.71. The number of hydrogen-bond acceptors (Lipinski definition) is 3. The lowest BCUT2D eigenvalue weighted by Gasteiger charge is -2.09. The summed E-state index contributed by atoms with van der Waals surface area (Å²) in [5, 5.41) is 4.14. The fourth-order valence-electron chi connectivity index (χ4n) is 3.12. The van der Waals surface area contributed by atoms with Crippen molar-refractivity contribution < 1.29 is 4.79 Å². The summed E-state index contributed by atoms with van der Waals surface area (Å²) < 4.78 is 2.18. The van der Waals surface area contributed by atoms with Crippen molar-refractivity contribution in [3.63, 3.8) is 0 Å². The Morgan fingerprint density at radius 3 is 2.54 bits per heavy atom. The van der Waals surface area contributed by atoms with Crippen LogP contribution in [0.3, 0.4) is 0 Å². The van der Waals surface area contributed by atoms with E-state index in [-0.39, 0.29) is 5.91 Å². The van der Waals surface area contributed by atoms with Crippen LogP contribution in [0.5, 0.6) is 0 Å². The maximum atomic E-state index is 12.0. The van der Waals surface area contributed by atoms with E-state index in [2.05, 4.69) is 66.2 Å². The van der Waals surface area contributed by atoms with Crippen LogP contribution in [0.25, 0.3) is 5.69 Å². The SMILES string of the molecule is Cc1ccccc1CSCC(=O)N/N=C/c1cc(C)n(-c2ccccc2)c1C. The third-order valence-corrected chi connectivity index (χ3v) is 5.61. The van der Waals surface area contributed by atoms with Gasteiger partial charge in [0.05, 0.1) is 12.0 Å².